The molecule has 1 aliphatic carbocycles. The van der Waals surface area contributed by atoms with Gasteiger partial charge in [0.1, 0.15) is 6.11 Å². The van der Waals surface area contributed by atoms with Gasteiger partial charge in [-0.25, -0.2) is 9.79 Å². The van der Waals surface area contributed by atoms with E-state index in [0.29, 0.717) is 45.5 Å². The molecule has 1 aromatic rings. The maximum atomic E-state index is 13.1. The van der Waals surface area contributed by atoms with Gasteiger partial charge in [0.25, 0.3) is 0 Å². The lowest BCUT2D eigenvalue weighted by atomic mass is 9.69. The molecule has 1 aromatic heterocycles. The first-order valence-corrected chi connectivity index (χ1v) is 11.9. The van der Waals surface area contributed by atoms with Crippen LogP contribution in [0.3, 0.4) is 0 Å². The average Bonchev–Trinajstić information content (AvgIpc) is 3.19. The average molecular weight is 476 g/mol. The lowest BCUT2D eigenvalue weighted by Crippen LogP contribution is -2.36. The summed E-state index contributed by atoms with van der Waals surface area (Å²) in [5.74, 6) is 8.15. The Morgan fingerprint density at radius 3 is 2.40 bits per heavy atom. The van der Waals surface area contributed by atoms with E-state index >= 15 is 0 Å². The molecule has 2 atom stereocenters. The largest absolute Gasteiger partial charge is 0.422 e. The summed E-state index contributed by atoms with van der Waals surface area (Å²) in [5.41, 5.74) is 9.78. The van der Waals surface area contributed by atoms with Gasteiger partial charge in [-0.15, -0.1) is 0 Å². The highest BCUT2D eigenvalue weighted by molar-refractivity contribution is 6.03. The molecule has 7 nitrogen and oxygen atoms in total. The number of rotatable bonds is 4. The van der Waals surface area contributed by atoms with Crippen molar-refractivity contribution >= 4 is 23.9 Å². The van der Waals surface area contributed by atoms with Gasteiger partial charge < -0.3 is 20.2 Å². The van der Waals surface area contributed by atoms with Gasteiger partial charge in [-0.3, -0.25) is 4.79 Å². The number of nitrogens with zero attached hydrogens (tertiary/aromatic N) is 1. The van der Waals surface area contributed by atoms with Crippen molar-refractivity contribution < 1.29 is 19.1 Å². The number of amidine groups is 1. The summed E-state index contributed by atoms with van der Waals surface area (Å²) in [4.78, 5) is 33.2. The number of hydrogen-bond donors (Lipinski definition) is 2. The lowest BCUT2D eigenvalue weighted by molar-refractivity contribution is -0.149. The number of carbonyl (C=O) groups excluding carboxylic acids is 2. The third kappa shape index (κ3) is 5.52. The van der Waals surface area contributed by atoms with Crippen LogP contribution in [0.4, 0.5) is 0 Å². The molecule has 0 spiro atoms. The standard InChI is InChI=1S/C28H33N3O4/c1-8-9-10-11-34-27(32)24-18(5)21(30-20(24)7)14-22-19(6)25(26(29)31-22)35-28(33)23-16(3)12-15(2)13-17(23)4/h14-17,23,30H,12-13H2,1-7H3,(H2,29,31)/b22-14-. The van der Waals surface area contributed by atoms with E-state index in [2.05, 4.69) is 54.6 Å². The number of aryl methyl sites for hydroxylation is 1. The topological polar surface area (TPSA) is 107 Å². The van der Waals surface area contributed by atoms with Crippen molar-refractivity contribution in [2.75, 3.05) is 0 Å². The summed E-state index contributed by atoms with van der Waals surface area (Å²) < 4.78 is 10.8. The number of aromatic amines is 1. The van der Waals surface area contributed by atoms with E-state index < -0.39 is 5.97 Å². The molecule has 1 fully saturated rings. The molecule has 3 N–H and O–H groups in total. The van der Waals surface area contributed by atoms with E-state index in [1.165, 1.54) is 0 Å². The number of H-pyrrole nitrogens is 1. The maximum absolute atomic E-state index is 13.1. The van der Waals surface area contributed by atoms with Crippen molar-refractivity contribution in [1.29, 1.82) is 0 Å². The number of hydrogen-bond acceptors (Lipinski definition) is 6. The highest BCUT2D eigenvalue weighted by Gasteiger charge is 2.38. The Kier molecular flexibility index (Phi) is 7.92. The van der Waals surface area contributed by atoms with E-state index in [0.717, 1.165) is 12.8 Å². The number of ether oxygens (including phenoxy) is 2. The number of allylic oxidation sites excluding steroid dienone is 1. The van der Waals surface area contributed by atoms with Crippen LogP contribution >= 0.6 is 0 Å². The second-order valence-electron chi connectivity index (χ2n) is 9.61. The Morgan fingerprint density at radius 2 is 1.77 bits per heavy atom. The van der Waals surface area contributed by atoms with Crippen LogP contribution in [-0.2, 0) is 14.3 Å². The zero-order chi connectivity index (χ0) is 25.9. The fourth-order valence-electron chi connectivity index (χ4n) is 5.27. The summed E-state index contributed by atoms with van der Waals surface area (Å²) in [6.45, 7) is 13.5. The SMILES string of the molecule is CC#CC#COC(=O)c1c(C)[nH]c(/C=C2\N=C(N)C(OC(=O)C3C(C)CC(C)CC3C)=C2C)c1C. The molecule has 35 heavy (non-hydrogen) atoms. The predicted molar refractivity (Wildman–Crippen MR) is 136 cm³/mol. The van der Waals surface area contributed by atoms with Crippen molar-refractivity contribution in [1.82, 2.24) is 4.98 Å². The van der Waals surface area contributed by atoms with Gasteiger partial charge in [-0.1, -0.05) is 26.7 Å². The van der Waals surface area contributed by atoms with Crippen LogP contribution in [0.15, 0.2) is 22.0 Å². The van der Waals surface area contributed by atoms with Crippen LogP contribution in [0.1, 0.15) is 74.8 Å². The number of esters is 2. The highest BCUT2D eigenvalue weighted by Crippen LogP contribution is 2.39. The summed E-state index contributed by atoms with van der Waals surface area (Å²) in [6, 6.07) is 0. The molecule has 1 aliphatic heterocycles. The van der Waals surface area contributed by atoms with Crippen molar-refractivity contribution in [2.24, 2.45) is 34.4 Å². The molecule has 0 amide bonds. The van der Waals surface area contributed by atoms with Crippen LogP contribution in [-0.4, -0.2) is 22.8 Å². The zero-order valence-electron chi connectivity index (χ0n) is 21.5. The summed E-state index contributed by atoms with van der Waals surface area (Å²) >= 11 is 0. The first kappa shape index (κ1) is 25.9. The van der Waals surface area contributed by atoms with E-state index in [1.807, 2.05) is 6.92 Å². The highest BCUT2D eigenvalue weighted by atomic mass is 16.5. The summed E-state index contributed by atoms with van der Waals surface area (Å²) in [7, 11) is 0. The number of nitrogens with two attached hydrogens (primary N) is 1. The zero-order valence-corrected chi connectivity index (χ0v) is 21.5. The number of aliphatic imine (C=N–C) groups is 1. The third-order valence-corrected chi connectivity index (χ3v) is 6.79. The normalized spacial score (nSPS) is 24.8. The predicted octanol–water partition coefficient (Wildman–Crippen LogP) is 4.62. The minimum Gasteiger partial charge on any atom is -0.422 e. The lowest BCUT2D eigenvalue weighted by Gasteiger charge is -2.36. The number of carbonyl (C=O) groups is 2. The number of nitrogens with one attached hydrogen (secondary N) is 1. The molecule has 2 unspecified atom stereocenters. The third-order valence-electron chi connectivity index (χ3n) is 6.79. The number of aromatic nitrogens is 1. The molecule has 0 bridgehead atoms. The van der Waals surface area contributed by atoms with Crippen LogP contribution in [0.5, 0.6) is 0 Å². The second kappa shape index (κ2) is 10.7. The van der Waals surface area contributed by atoms with E-state index in [4.69, 9.17) is 15.2 Å². The van der Waals surface area contributed by atoms with Crippen LogP contribution in [0.2, 0.25) is 0 Å². The summed E-state index contributed by atoms with van der Waals surface area (Å²) in [6.07, 6.45) is 6.09. The van der Waals surface area contributed by atoms with Crippen molar-refractivity contribution in [2.45, 2.75) is 61.3 Å². The van der Waals surface area contributed by atoms with Crippen LogP contribution in [0, 0.1) is 61.4 Å². The molecule has 0 saturated heterocycles. The minimum absolute atomic E-state index is 0.166. The fraction of sp³-hybridized carbons (Fsp3) is 0.464. The van der Waals surface area contributed by atoms with E-state index in [1.54, 1.807) is 26.8 Å². The maximum Gasteiger partial charge on any atom is 0.354 e. The van der Waals surface area contributed by atoms with E-state index in [-0.39, 0.29) is 29.6 Å². The van der Waals surface area contributed by atoms with Crippen molar-refractivity contribution in [3.8, 4) is 23.9 Å². The van der Waals surface area contributed by atoms with Gasteiger partial charge in [0, 0.05) is 22.9 Å². The quantitative estimate of drug-likeness (QED) is 0.488. The first-order valence-electron chi connectivity index (χ1n) is 11.9. The van der Waals surface area contributed by atoms with Crippen LogP contribution < -0.4 is 5.73 Å². The second-order valence-corrected chi connectivity index (χ2v) is 9.61. The summed E-state index contributed by atoms with van der Waals surface area (Å²) in [5, 5.41) is 0. The smallest absolute Gasteiger partial charge is 0.354 e. The Morgan fingerprint density at radius 1 is 1.11 bits per heavy atom. The molecule has 0 aromatic carbocycles. The van der Waals surface area contributed by atoms with Gasteiger partial charge in [-0.2, -0.15) is 0 Å². The van der Waals surface area contributed by atoms with Crippen molar-refractivity contribution in [3.05, 3.63) is 39.5 Å². The molecular weight excluding hydrogens is 442 g/mol. The van der Waals surface area contributed by atoms with Crippen molar-refractivity contribution in [3.63, 3.8) is 0 Å². The molecular formula is C28H33N3O4. The first-order chi connectivity index (χ1) is 16.5. The molecule has 2 heterocycles. The Hall–Kier alpha value is -3.71. The molecule has 3 rings (SSSR count). The van der Waals surface area contributed by atoms with Gasteiger partial charge in [0.2, 0.25) is 0 Å². The molecule has 2 aliphatic rings. The minimum atomic E-state index is -0.562. The molecule has 7 heteroatoms. The Balaban J connectivity index is 1.83. The fourth-order valence-corrected chi connectivity index (χ4v) is 5.27. The monoisotopic (exact) mass is 475 g/mol. The van der Waals surface area contributed by atoms with Gasteiger partial charge in [0.05, 0.1) is 17.2 Å². The molecule has 0 radical (unpaired) electrons. The van der Waals surface area contributed by atoms with Gasteiger partial charge >= 0.3 is 11.9 Å². The van der Waals surface area contributed by atoms with Crippen LogP contribution in [0.25, 0.3) is 6.08 Å². The Labute approximate surface area is 207 Å². The Bertz CT molecular complexity index is 1240. The molecule has 184 valence electrons. The van der Waals surface area contributed by atoms with Gasteiger partial charge in [0.15, 0.2) is 11.6 Å². The van der Waals surface area contributed by atoms with E-state index in [9.17, 15) is 9.59 Å². The van der Waals surface area contributed by atoms with Gasteiger partial charge in [-0.05, 0) is 75.9 Å². The molecule has 1 saturated carbocycles.